The summed E-state index contributed by atoms with van der Waals surface area (Å²) in [7, 11) is 0. The maximum atomic E-state index is 14.4. The molecule has 35 heavy (non-hydrogen) atoms. The summed E-state index contributed by atoms with van der Waals surface area (Å²) in [6, 6.07) is 6.85. The van der Waals surface area contributed by atoms with Crippen LogP contribution in [0.2, 0.25) is 0 Å². The van der Waals surface area contributed by atoms with Crippen molar-refractivity contribution < 1.29 is 9.18 Å². The average Bonchev–Trinajstić information content (AvgIpc) is 3.20. The highest BCUT2D eigenvalue weighted by molar-refractivity contribution is 5.79. The fraction of sp³-hybridized carbons (Fsp3) is 0.538. The Balaban J connectivity index is 1.64. The predicted octanol–water partition coefficient (Wildman–Crippen LogP) is 5.52. The molecule has 1 aromatic carbocycles. The highest BCUT2D eigenvalue weighted by atomic mass is 19.1. The number of hydrogen-bond acceptors (Lipinski definition) is 6. The second kappa shape index (κ2) is 11.0. The second-order valence-electron chi connectivity index (χ2n) is 9.54. The monoisotopic (exact) mass is 481 g/mol. The summed E-state index contributed by atoms with van der Waals surface area (Å²) in [5, 5.41) is 6.43. The molecule has 0 atom stereocenters. The summed E-state index contributed by atoms with van der Waals surface area (Å²) in [5.41, 5.74) is 1.72. The molecule has 8 nitrogen and oxygen atoms in total. The van der Waals surface area contributed by atoms with E-state index in [1.165, 1.54) is 6.07 Å². The second-order valence-corrected chi connectivity index (χ2v) is 9.54. The van der Waals surface area contributed by atoms with Crippen molar-refractivity contribution in [2.24, 2.45) is 5.92 Å². The Kier molecular flexibility index (Phi) is 7.83. The van der Waals surface area contributed by atoms with Crippen molar-refractivity contribution in [1.82, 2.24) is 24.4 Å². The first-order chi connectivity index (χ1) is 16.9. The van der Waals surface area contributed by atoms with Crippen molar-refractivity contribution in [1.29, 1.82) is 0 Å². The maximum Gasteiger partial charge on any atom is 0.225 e. The number of anilines is 3. The van der Waals surface area contributed by atoms with E-state index in [0.717, 1.165) is 45.2 Å². The molecular weight excluding hydrogens is 445 g/mol. The minimum atomic E-state index is -0.343. The summed E-state index contributed by atoms with van der Waals surface area (Å²) in [4.78, 5) is 28.9. The Labute approximate surface area is 206 Å². The quantitative estimate of drug-likeness (QED) is 0.418. The van der Waals surface area contributed by atoms with E-state index in [0.29, 0.717) is 28.7 Å². The van der Waals surface area contributed by atoms with Crippen molar-refractivity contribution in [3.05, 3.63) is 36.3 Å². The molecule has 1 saturated carbocycles. The lowest BCUT2D eigenvalue weighted by Gasteiger charge is -2.32. The van der Waals surface area contributed by atoms with E-state index >= 15 is 0 Å². The molecule has 1 aliphatic carbocycles. The molecule has 2 aromatic heterocycles. The van der Waals surface area contributed by atoms with E-state index in [-0.39, 0.29) is 29.7 Å². The highest BCUT2D eigenvalue weighted by Crippen LogP contribution is 2.38. The fourth-order valence-corrected chi connectivity index (χ4v) is 4.87. The zero-order valence-electron chi connectivity index (χ0n) is 21.1. The van der Waals surface area contributed by atoms with E-state index in [1.54, 1.807) is 24.4 Å². The van der Waals surface area contributed by atoms with E-state index in [4.69, 9.17) is 9.97 Å². The molecule has 3 aromatic rings. The van der Waals surface area contributed by atoms with Crippen LogP contribution in [-0.4, -0.2) is 49.5 Å². The van der Waals surface area contributed by atoms with Gasteiger partial charge in [-0.25, -0.2) is 14.4 Å². The SMILES string of the molecule is CCCN(CC)C(=O)C1CCC(n2c(Nc3ccccc3F)nc3cnc(NC(C)C)nc32)CC1. The number of benzene rings is 1. The van der Waals surface area contributed by atoms with Gasteiger partial charge in [0, 0.05) is 31.1 Å². The molecule has 1 fully saturated rings. The Morgan fingerprint density at radius 1 is 1.17 bits per heavy atom. The molecule has 9 heteroatoms. The standard InChI is InChI=1S/C26H36FN7O/c1-5-15-33(6-2)24(35)18-11-13-19(14-12-18)34-23-22(16-28-25(32-23)29-17(3)4)31-26(34)30-21-10-8-7-9-20(21)27/h7-10,16-19H,5-6,11-15H2,1-4H3,(H,30,31)(H,28,29,32). The number of para-hydroxylation sites is 1. The van der Waals surface area contributed by atoms with Gasteiger partial charge in [-0.2, -0.15) is 4.98 Å². The molecule has 2 heterocycles. The van der Waals surface area contributed by atoms with Crippen LogP contribution in [0.25, 0.3) is 11.2 Å². The molecule has 0 bridgehead atoms. The number of aromatic nitrogens is 4. The summed E-state index contributed by atoms with van der Waals surface area (Å²) >= 11 is 0. The number of carbonyl (C=O) groups excluding carboxylic acids is 1. The minimum Gasteiger partial charge on any atom is -0.352 e. The summed E-state index contributed by atoms with van der Waals surface area (Å²) in [5.74, 6) is 1.04. The molecule has 1 amide bonds. The van der Waals surface area contributed by atoms with Gasteiger partial charge in [-0.05, 0) is 65.0 Å². The van der Waals surface area contributed by atoms with Crippen molar-refractivity contribution >= 4 is 34.7 Å². The molecule has 0 aliphatic heterocycles. The fourth-order valence-electron chi connectivity index (χ4n) is 4.87. The van der Waals surface area contributed by atoms with Crippen LogP contribution in [0.3, 0.4) is 0 Å². The van der Waals surface area contributed by atoms with Crippen LogP contribution in [0.4, 0.5) is 22.0 Å². The largest absolute Gasteiger partial charge is 0.352 e. The van der Waals surface area contributed by atoms with Gasteiger partial charge >= 0.3 is 0 Å². The molecular formula is C26H36FN7O. The van der Waals surface area contributed by atoms with Gasteiger partial charge in [0.15, 0.2) is 5.65 Å². The van der Waals surface area contributed by atoms with Gasteiger partial charge in [0.2, 0.25) is 17.8 Å². The van der Waals surface area contributed by atoms with Gasteiger partial charge in [-0.1, -0.05) is 19.1 Å². The molecule has 188 valence electrons. The number of hydrogen-bond donors (Lipinski definition) is 2. The normalized spacial score (nSPS) is 18.1. The van der Waals surface area contributed by atoms with Crippen LogP contribution in [0.15, 0.2) is 30.5 Å². The maximum absolute atomic E-state index is 14.4. The van der Waals surface area contributed by atoms with Crippen molar-refractivity contribution in [2.75, 3.05) is 23.7 Å². The van der Waals surface area contributed by atoms with Crippen LogP contribution in [0.1, 0.15) is 65.8 Å². The van der Waals surface area contributed by atoms with E-state index < -0.39 is 0 Å². The number of carbonyl (C=O) groups is 1. The number of nitrogens with zero attached hydrogens (tertiary/aromatic N) is 5. The lowest BCUT2D eigenvalue weighted by atomic mass is 9.85. The third kappa shape index (κ3) is 5.55. The molecule has 0 radical (unpaired) electrons. The smallest absolute Gasteiger partial charge is 0.225 e. The third-order valence-electron chi connectivity index (χ3n) is 6.57. The Morgan fingerprint density at radius 2 is 1.91 bits per heavy atom. The molecule has 4 rings (SSSR count). The zero-order valence-corrected chi connectivity index (χ0v) is 21.1. The number of amides is 1. The lowest BCUT2D eigenvalue weighted by molar-refractivity contribution is -0.136. The molecule has 2 N–H and O–H groups in total. The van der Waals surface area contributed by atoms with Gasteiger partial charge in [0.1, 0.15) is 11.3 Å². The van der Waals surface area contributed by atoms with E-state index in [9.17, 15) is 9.18 Å². The molecule has 0 unspecified atom stereocenters. The average molecular weight is 482 g/mol. The zero-order chi connectivity index (χ0) is 24.9. The number of rotatable bonds is 9. The van der Waals surface area contributed by atoms with Gasteiger partial charge in [0.25, 0.3) is 0 Å². The van der Waals surface area contributed by atoms with Gasteiger partial charge in [-0.3, -0.25) is 9.36 Å². The third-order valence-corrected chi connectivity index (χ3v) is 6.57. The Hall–Kier alpha value is -3.23. The highest BCUT2D eigenvalue weighted by Gasteiger charge is 2.31. The predicted molar refractivity (Wildman–Crippen MR) is 137 cm³/mol. The summed E-state index contributed by atoms with van der Waals surface area (Å²) in [6.45, 7) is 9.77. The summed E-state index contributed by atoms with van der Waals surface area (Å²) in [6.07, 6.45) is 5.95. The van der Waals surface area contributed by atoms with E-state index in [2.05, 4.69) is 27.1 Å². The Bertz CT molecular complexity index is 1150. The molecule has 0 spiro atoms. The van der Waals surface area contributed by atoms with Gasteiger partial charge in [0.05, 0.1) is 11.9 Å². The van der Waals surface area contributed by atoms with Crippen molar-refractivity contribution in [3.63, 3.8) is 0 Å². The van der Waals surface area contributed by atoms with Crippen LogP contribution in [0, 0.1) is 11.7 Å². The lowest BCUT2D eigenvalue weighted by Crippen LogP contribution is -2.38. The van der Waals surface area contributed by atoms with E-state index in [1.807, 2.05) is 25.7 Å². The first kappa shape index (κ1) is 24.9. The molecule has 0 saturated heterocycles. The number of imidazole rings is 1. The minimum absolute atomic E-state index is 0.0447. The first-order valence-corrected chi connectivity index (χ1v) is 12.7. The topological polar surface area (TPSA) is 88.0 Å². The molecule has 1 aliphatic rings. The van der Waals surface area contributed by atoms with Gasteiger partial charge in [-0.15, -0.1) is 0 Å². The van der Waals surface area contributed by atoms with Crippen molar-refractivity contribution in [2.45, 2.75) is 71.9 Å². The Morgan fingerprint density at radius 3 is 2.57 bits per heavy atom. The van der Waals surface area contributed by atoms with Crippen LogP contribution >= 0.6 is 0 Å². The van der Waals surface area contributed by atoms with Crippen LogP contribution < -0.4 is 10.6 Å². The first-order valence-electron chi connectivity index (χ1n) is 12.7. The van der Waals surface area contributed by atoms with Crippen LogP contribution in [0.5, 0.6) is 0 Å². The van der Waals surface area contributed by atoms with Crippen LogP contribution in [-0.2, 0) is 4.79 Å². The number of halogens is 1. The summed E-state index contributed by atoms with van der Waals surface area (Å²) < 4.78 is 16.5. The van der Waals surface area contributed by atoms with Gasteiger partial charge < -0.3 is 15.5 Å². The number of fused-ring (bicyclic) bond motifs is 1. The van der Waals surface area contributed by atoms with Crippen molar-refractivity contribution in [3.8, 4) is 0 Å². The number of nitrogens with one attached hydrogen (secondary N) is 2.